The van der Waals surface area contributed by atoms with E-state index in [0.717, 1.165) is 65.4 Å². The Morgan fingerprint density at radius 2 is 1.61 bits per heavy atom. The molecule has 5 rings (SSSR count). The number of nitrogens with one attached hydrogen (secondary N) is 2. The number of rotatable bonds is 8. The van der Waals surface area contributed by atoms with Crippen LogP contribution < -0.4 is 10.6 Å². The molecule has 0 spiro atoms. The Bertz CT molecular complexity index is 1420. The molecule has 8 nitrogen and oxygen atoms in total. The van der Waals surface area contributed by atoms with E-state index in [0.29, 0.717) is 12.1 Å². The maximum Gasteiger partial charge on any atom is 0.337 e. The van der Waals surface area contributed by atoms with Gasteiger partial charge < -0.3 is 24.8 Å². The molecule has 2 N–H and O–H groups in total. The summed E-state index contributed by atoms with van der Waals surface area (Å²) in [7, 11) is 1.38. The third-order valence-electron chi connectivity index (χ3n) is 7.02. The quantitative estimate of drug-likeness (QED) is 0.310. The lowest BCUT2D eigenvalue weighted by Gasteiger charge is -2.15. The largest absolute Gasteiger partial charge is 0.465 e. The average molecular weight is 512 g/mol. The number of anilines is 1. The number of carbonyl (C=O) groups is 2. The molecule has 196 valence electrons. The van der Waals surface area contributed by atoms with E-state index >= 15 is 0 Å². The summed E-state index contributed by atoms with van der Waals surface area (Å²) < 4.78 is 6.97. The fraction of sp³-hybridized carbons (Fsp3) is 0.300. The van der Waals surface area contributed by atoms with Gasteiger partial charge in [-0.25, -0.2) is 14.6 Å². The minimum atomic E-state index is -0.357. The third-order valence-corrected chi connectivity index (χ3v) is 7.02. The van der Waals surface area contributed by atoms with Crippen LogP contribution in [0.3, 0.4) is 0 Å². The fourth-order valence-corrected chi connectivity index (χ4v) is 4.98. The maximum atomic E-state index is 12.3. The number of hydrogen-bond donors (Lipinski definition) is 2. The highest BCUT2D eigenvalue weighted by atomic mass is 16.5. The van der Waals surface area contributed by atoms with Gasteiger partial charge in [-0.2, -0.15) is 0 Å². The van der Waals surface area contributed by atoms with Gasteiger partial charge in [-0.15, -0.1) is 0 Å². The molecule has 0 aliphatic carbocycles. The zero-order valence-corrected chi connectivity index (χ0v) is 21.9. The van der Waals surface area contributed by atoms with Crippen LogP contribution in [0.2, 0.25) is 0 Å². The predicted octanol–water partition coefficient (Wildman–Crippen LogP) is 5.39. The molecule has 0 atom stereocenters. The van der Waals surface area contributed by atoms with Gasteiger partial charge in [0.25, 0.3) is 0 Å². The van der Waals surface area contributed by atoms with Crippen molar-refractivity contribution < 1.29 is 14.3 Å². The van der Waals surface area contributed by atoms with E-state index < -0.39 is 0 Å². The molecule has 0 saturated carbocycles. The lowest BCUT2D eigenvalue weighted by atomic mass is 10.0. The molecule has 2 heterocycles. The summed E-state index contributed by atoms with van der Waals surface area (Å²) in [6.07, 6.45) is 2.50. The summed E-state index contributed by atoms with van der Waals surface area (Å²) in [5, 5.41) is 5.85. The van der Waals surface area contributed by atoms with Crippen molar-refractivity contribution in [3.63, 3.8) is 0 Å². The monoisotopic (exact) mass is 511 g/mol. The van der Waals surface area contributed by atoms with Gasteiger partial charge in [0.15, 0.2) is 0 Å². The number of esters is 1. The number of methoxy groups -OCH3 is 1. The normalized spacial score (nSPS) is 13.5. The zero-order chi connectivity index (χ0) is 26.5. The van der Waals surface area contributed by atoms with Crippen molar-refractivity contribution in [1.29, 1.82) is 0 Å². The van der Waals surface area contributed by atoms with E-state index in [1.165, 1.54) is 20.0 Å². The van der Waals surface area contributed by atoms with Crippen molar-refractivity contribution in [2.24, 2.45) is 0 Å². The summed E-state index contributed by atoms with van der Waals surface area (Å²) in [5.74, 6) is 0.496. The minimum Gasteiger partial charge on any atom is -0.465 e. The Balaban J connectivity index is 1.29. The number of amides is 2. The molecule has 1 fully saturated rings. The van der Waals surface area contributed by atoms with Crippen molar-refractivity contribution in [3.05, 3.63) is 72.3 Å². The number of imidazole rings is 1. The number of hydrogen-bond acceptors (Lipinski definition) is 5. The van der Waals surface area contributed by atoms with Crippen LogP contribution in [0.25, 0.3) is 33.5 Å². The summed E-state index contributed by atoms with van der Waals surface area (Å²) in [6.45, 7) is 6.65. The Labute approximate surface area is 222 Å². The molecule has 1 aliphatic rings. The van der Waals surface area contributed by atoms with Gasteiger partial charge >= 0.3 is 12.0 Å². The van der Waals surface area contributed by atoms with E-state index in [-0.39, 0.29) is 12.0 Å². The van der Waals surface area contributed by atoms with Crippen LogP contribution in [0.15, 0.2) is 66.7 Å². The Morgan fingerprint density at radius 1 is 0.921 bits per heavy atom. The molecule has 38 heavy (non-hydrogen) atoms. The van der Waals surface area contributed by atoms with Crippen LogP contribution in [0.5, 0.6) is 0 Å². The van der Waals surface area contributed by atoms with Gasteiger partial charge in [0, 0.05) is 30.9 Å². The molecule has 0 bridgehead atoms. The van der Waals surface area contributed by atoms with Crippen molar-refractivity contribution >= 4 is 28.7 Å². The van der Waals surface area contributed by atoms with Gasteiger partial charge in [-0.05, 0) is 80.4 Å². The van der Waals surface area contributed by atoms with Crippen molar-refractivity contribution in [1.82, 2.24) is 19.8 Å². The molecule has 1 aliphatic heterocycles. The van der Waals surface area contributed by atoms with E-state index in [9.17, 15) is 9.59 Å². The minimum absolute atomic E-state index is 0.185. The highest BCUT2D eigenvalue weighted by Crippen LogP contribution is 2.29. The second-order valence-electron chi connectivity index (χ2n) is 9.46. The first kappa shape index (κ1) is 25.5. The Morgan fingerprint density at radius 3 is 2.29 bits per heavy atom. The van der Waals surface area contributed by atoms with Crippen LogP contribution in [-0.2, 0) is 11.3 Å². The van der Waals surface area contributed by atoms with E-state index in [1.807, 2.05) is 36.4 Å². The van der Waals surface area contributed by atoms with E-state index in [4.69, 9.17) is 9.72 Å². The SMILES string of the molecule is CCn1c(-c2ccc(C(=O)OC)cc2)nc2cc(-c3ccc(NC(=O)NCCN4CCCC4)cc3)ccc21. The maximum absolute atomic E-state index is 12.3. The Hall–Kier alpha value is -4.17. The fourth-order valence-electron chi connectivity index (χ4n) is 4.98. The number of likely N-dealkylation sites (tertiary alicyclic amines) is 1. The molecule has 2 amide bonds. The summed E-state index contributed by atoms with van der Waals surface area (Å²) in [6, 6.07) is 21.2. The number of benzene rings is 3. The zero-order valence-electron chi connectivity index (χ0n) is 21.9. The van der Waals surface area contributed by atoms with Gasteiger partial charge in [-0.1, -0.05) is 30.3 Å². The van der Waals surface area contributed by atoms with Crippen LogP contribution in [-0.4, -0.2) is 59.7 Å². The second-order valence-corrected chi connectivity index (χ2v) is 9.46. The van der Waals surface area contributed by atoms with Gasteiger partial charge in [-0.3, -0.25) is 0 Å². The van der Waals surface area contributed by atoms with Crippen molar-refractivity contribution in [2.45, 2.75) is 26.3 Å². The number of aryl methyl sites for hydroxylation is 1. The molecular weight excluding hydrogens is 478 g/mol. The van der Waals surface area contributed by atoms with Crippen LogP contribution >= 0.6 is 0 Å². The third kappa shape index (κ3) is 5.55. The smallest absolute Gasteiger partial charge is 0.337 e. The summed E-state index contributed by atoms with van der Waals surface area (Å²) >= 11 is 0. The first-order valence-corrected chi connectivity index (χ1v) is 13.1. The predicted molar refractivity (Wildman–Crippen MR) is 150 cm³/mol. The topological polar surface area (TPSA) is 88.5 Å². The molecule has 1 aromatic heterocycles. The van der Waals surface area contributed by atoms with E-state index in [1.54, 1.807) is 12.1 Å². The molecule has 0 radical (unpaired) electrons. The molecular formula is C30H33N5O3. The first-order valence-electron chi connectivity index (χ1n) is 13.1. The lowest BCUT2D eigenvalue weighted by Crippen LogP contribution is -2.35. The molecule has 3 aromatic carbocycles. The number of ether oxygens (including phenoxy) is 1. The molecule has 4 aromatic rings. The number of urea groups is 1. The van der Waals surface area contributed by atoms with E-state index in [2.05, 4.69) is 45.2 Å². The van der Waals surface area contributed by atoms with Crippen molar-refractivity contribution in [2.75, 3.05) is 38.6 Å². The van der Waals surface area contributed by atoms with Gasteiger partial charge in [0.2, 0.25) is 0 Å². The van der Waals surface area contributed by atoms with Crippen LogP contribution in [0, 0.1) is 0 Å². The van der Waals surface area contributed by atoms with Crippen LogP contribution in [0.4, 0.5) is 10.5 Å². The number of aromatic nitrogens is 2. The van der Waals surface area contributed by atoms with Gasteiger partial charge in [0.1, 0.15) is 5.82 Å². The average Bonchev–Trinajstić information content (AvgIpc) is 3.60. The molecule has 0 unspecified atom stereocenters. The van der Waals surface area contributed by atoms with Gasteiger partial charge in [0.05, 0.1) is 23.7 Å². The summed E-state index contributed by atoms with van der Waals surface area (Å²) in [4.78, 5) is 31.4. The lowest BCUT2D eigenvalue weighted by molar-refractivity contribution is 0.0600. The van der Waals surface area contributed by atoms with Crippen LogP contribution in [0.1, 0.15) is 30.1 Å². The standard InChI is InChI=1S/C30H33N5O3/c1-3-35-27-15-12-24(20-26(27)33-28(35)22-6-8-23(9-7-22)29(36)38-2)21-10-13-25(14-11-21)32-30(37)31-16-19-34-17-4-5-18-34/h6-15,20H,3-5,16-19H2,1-2H3,(H2,31,32,37). The number of carbonyl (C=O) groups excluding carboxylic acids is 2. The summed E-state index contributed by atoms with van der Waals surface area (Å²) in [5.41, 5.74) is 6.24. The highest BCUT2D eigenvalue weighted by Gasteiger charge is 2.14. The number of nitrogens with zero attached hydrogens (tertiary/aromatic N) is 3. The molecule has 8 heteroatoms. The Kier molecular flexibility index (Phi) is 7.70. The first-order chi connectivity index (χ1) is 18.6. The van der Waals surface area contributed by atoms with Crippen molar-refractivity contribution in [3.8, 4) is 22.5 Å². The highest BCUT2D eigenvalue weighted by molar-refractivity contribution is 5.91. The molecule has 1 saturated heterocycles. The number of fused-ring (bicyclic) bond motifs is 1. The second kappa shape index (κ2) is 11.5.